The molecule has 0 bridgehead atoms. The molecule has 1 saturated heterocycles. The predicted molar refractivity (Wildman–Crippen MR) is 83.4 cm³/mol. The van der Waals surface area contributed by atoms with E-state index in [2.05, 4.69) is 35.8 Å². The number of aromatic nitrogens is 3. The summed E-state index contributed by atoms with van der Waals surface area (Å²) in [5, 5.41) is 5.29. The Hall–Kier alpha value is -1.47. The van der Waals surface area contributed by atoms with Crippen molar-refractivity contribution in [1.82, 2.24) is 14.6 Å². The quantitative estimate of drug-likeness (QED) is 0.845. The molecular formula is C14H20N4O2S. The maximum Gasteiger partial charge on any atom is 0.275 e. The average molecular weight is 308 g/mol. The third kappa shape index (κ3) is 2.67. The maximum atomic E-state index is 12.1. The van der Waals surface area contributed by atoms with Crippen molar-refractivity contribution in [1.29, 1.82) is 0 Å². The van der Waals surface area contributed by atoms with Gasteiger partial charge < -0.3 is 9.64 Å². The molecular weight excluding hydrogens is 288 g/mol. The van der Waals surface area contributed by atoms with Crippen LogP contribution in [0, 0.1) is 0 Å². The molecule has 0 unspecified atom stereocenters. The van der Waals surface area contributed by atoms with Gasteiger partial charge in [-0.15, -0.1) is 5.10 Å². The first kappa shape index (κ1) is 14.5. The first-order chi connectivity index (χ1) is 9.89. The first-order valence-corrected chi connectivity index (χ1v) is 8.01. The van der Waals surface area contributed by atoms with Crippen LogP contribution in [0.2, 0.25) is 0 Å². The Morgan fingerprint density at radius 1 is 1.52 bits per heavy atom. The summed E-state index contributed by atoms with van der Waals surface area (Å²) in [6.07, 6.45) is 0.750. The van der Waals surface area contributed by atoms with Crippen LogP contribution in [0.5, 0.6) is 0 Å². The van der Waals surface area contributed by atoms with Gasteiger partial charge in [0.15, 0.2) is 0 Å². The first-order valence-electron chi connectivity index (χ1n) is 7.20. The minimum absolute atomic E-state index is 0.112. The van der Waals surface area contributed by atoms with Gasteiger partial charge in [-0.2, -0.15) is 4.52 Å². The molecule has 1 atom stereocenters. The Morgan fingerprint density at radius 2 is 2.29 bits per heavy atom. The topological polar surface area (TPSA) is 59.7 Å². The van der Waals surface area contributed by atoms with Gasteiger partial charge in [0, 0.05) is 18.3 Å². The van der Waals surface area contributed by atoms with Crippen molar-refractivity contribution in [2.75, 3.05) is 18.1 Å². The van der Waals surface area contributed by atoms with Crippen LogP contribution in [0.15, 0.2) is 10.9 Å². The number of aryl methyl sites for hydroxylation is 1. The van der Waals surface area contributed by atoms with Crippen molar-refractivity contribution in [3.8, 4) is 0 Å². The standard InChI is InChI=1S/C14H20N4O2S/c1-5-10-6-11(19)18-12(15-10)21-13(16-18)17-8-14(3,4)20-7-9(17)2/h6,9H,5,7-8H2,1-4H3/t9-/m0/s1. The Morgan fingerprint density at radius 3 is 3.00 bits per heavy atom. The van der Waals surface area contributed by atoms with E-state index in [-0.39, 0.29) is 17.2 Å². The van der Waals surface area contributed by atoms with E-state index in [1.807, 2.05) is 6.92 Å². The molecule has 21 heavy (non-hydrogen) atoms. The number of rotatable bonds is 2. The van der Waals surface area contributed by atoms with E-state index in [9.17, 15) is 4.79 Å². The zero-order valence-electron chi connectivity index (χ0n) is 12.8. The van der Waals surface area contributed by atoms with Gasteiger partial charge in [-0.3, -0.25) is 4.79 Å². The average Bonchev–Trinajstić information content (AvgIpc) is 2.85. The fourth-order valence-corrected chi connectivity index (χ4v) is 3.48. The molecule has 0 spiro atoms. The molecule has 2 aromatic heterocycles. The highest BCUT2D eigenvalue weighted by atomic mass is 32.1. The van der Waals surface area contributed by atoms with Crippen LogP contribution in [0.4, 0.5) is 5.13 Å². The van der Waals surface area contributed by atoms with Crippen molar-refractivity contribution in [2.24, 2.45) is 0 Å². The van der Waals surface area contributed by atoms with E-state index in [1.165, 1.54) is 15.9 Å². The molecule has 0 saturated carbocycles. The molecule has 0 amide bonds. The van der Waals surface area contributed by atoms with Crippen LogP contribution in [0.25, 0.3) is 4.96 Å². The van der Waals surface area contributed by atoms with Gasteiger partial charge in [0.25, 0.3) is 5.56 Å². The minimum atomic E-state index is -0.211. The fourth-order valence-electron chi connectivity index (χ4n) is 2.45. The van der Waals surface area contributed by atoms with Gasteiger partial charge in [-0.25, -0.2) is 4.98 Å². The van der Waals surface area contributed by atoms with Crippen molar-refractivity contribution in [3.63, 3.8) is 0 Å². The van der Waals surface area contributed by atoms with Crippen LogP contribution in [0.1, 0.15) is 33.4 Å². The number of anilines is 1. The third-order valence-electron chi connectivity index (χ3n) is 3.69. The summed E-state index contributed by atoms with van der Waals surface area (Å²) in [7, 11) is 0. The Labute approximate surface area is 127 Å². The molecule has 0 N–H and O–H groups in total. The highest BCUT2D eigenvalue weighted by molar-refractivity contribution is 7.20. The fraction of sp³-hybridized carbons (Fsp3) is 0.643. The summed E-state index contributed by atoms with van der Waals surface area (Å²) in [6, 6.07) is 1.79. The van der Waals surface area contributed by atoms with E-state index in [1.54, 1.807) is 6.07 Å². The second-order valence-electron chi connectivity index (χ2n) is 6.07. The number of fused-ring (bicyclic) bond motifs is 1. The predicted octanol–water partition coefficient (Wildman–Crippen LogP) is 1.72. The monoisotopic (exact) mass is 308 g/mol. The van der Waals surface area contributed by atoms with Crippen LogP contribution < -0.4 is 10.5 Å². The summed E-state index contributed by atoms with van der Waals surface area (Å²) < 4.78 is 7.21. The highest BCUT2D eigenvalue weighted by Gasteiger charge is 2.33. The second kappa shape index (κ2) is 5.06. The number of morpholine rings is 1. The Kier molecular flexibility index (Phi) is 3.49. The molecule has 1 aliphatic heterocycles. The van der Waals surface area contributed by atoms with E-state index >= 15 is 0 Å². The van der Waals surface area contributed by atoms with Crippen LogP contribution in [0.3, 0.4) is 0 Å². The van der Waals surface area contributed by atoms with Crippen molar-refractivity contribution in [3.05, 3.63) is 22.1 Å². The largest absolute Gasteiger partial charge is 0.372 e. The second-order valence-corrected chi connectivity index (χ2v) is 7.00. The molecule has 0 aliphatic carbocycles. The van der Waals surface area contributed by atoms with Gasteiger partial charge in [0.1, 0.15) is 0 Å². The molecule has 0 radical (unpaired) electrons. The Balaban J connectivity index is 2.04. The van der Waals surface area contributed by atoms with Crippen LogP contribution >= 0.6 is 11.3 Å². The lowest BCUT2D eigenvalue weighted by molar-refractivity contribution is -0.0421. The van der Waals surface area contributed by atoms with E-state index in [0.29, 0.717) is 11.6 Å². The van der Waals surface area contributed by atoms with Crippen molar-refractivity contribution >= 4 is 21.4 Å². The summed E-state index contributed by atoms with van der Waals surface area (Å²) in [6.45, 7) is 9.65. The molecule has 7 heteroatoms. The van der Waals surface area contributed by atoms with Gasteiger partial charge in [0.2, 0.25) is 10.1 Å². The van der Waals surface area contributed by atoms with Crippen molar-refractivity contribution in [2.45, 2.75) is 45.8 Å². The van der Waals surface area contributed by atoms with Gasteiger partial charge in [-0.05, 0) is 27.2 Å². The number of nitrogens with zero attached hydrogens (tertiary/aromatic N) is 4. The SMILES string of the molecule is CCc1cc(=O)n2nc(N3CC(C)(C)OC[C@@H]3C)sc2n1. The highest BCUT2D eigenvalue weighted by Crippen LogP contribution is 2.29. The normalized spacial score (nSPS) is 21.9. The molecule has 114 valence electrons. The number of ether oxygens (including phenoxy) is 1. The third-order valence-corrected chi connectivity index (χ3v) is 4.64. The van der Waals surface area contributed by atoms with Gasteiger partial charge >= 0.3 is 0 Å². The summed E-state index contributed by atoms with van der Waals surface area (Å²) in [4.78, 5) is 19.4. The molecule has 3 rings (SSSR count). The van der Waals surface area contributed by atoms with Crippen molar-refractivity contribution < 1.29 is 4.74 Å². The van der Waals surface area contributed by atoms with E-state index < -0.39 is 0 Å². The lowest BCUT2D eigenvalue weighted by Gasteiger charge is -2.42. The molecule has 3 heterocycles. The molecule has 1 aliphatic rings. The Bertz CT molecular complexity index is 721. The van der Waals surface area contributed by atoms with E-state index in [4.69, 9.17) is 4.74 Å². The zero-order valence-corrected chi connectivity index (χ0v) is 13.6. The van der Waals surface area contributed by atoms with E-state index in [0.717, 1.165) is 23.8 Å². The smallest absolute Gasteiger partial charge is 0.275 e. The van der Waals surface area contributed by atoms with Gasteiger partial charge in [0.05, 0.1) is 18.2 Å². The number of hydrogen-bond acceptors (Lipinski definition) is 6. The molecule has 6 nitrogen and oxygen atoms in total. The lowest BCUT2D eigenvalue weighted by atomic mass is 10.1. The summed E-state index contributed by atoms with van der Waals surface area (Å²) in [5.74, 6) is 0. The molecule has 2 aromatic rings. The van der Waals surface area contributed by atoms with Crippen LogP contribution in [-0.4, -0.2) is 39.4 Å². The lowest BCUT2D eigenvalue weighted by Crippen LogP contribution is -2.53. The zero-order chi connectivity index (χ0) is 15.2. The molecule has 0 aromatic carbocycles. The summed E-state index contributed by atoms with van der Waals surface area (Å²) >= 11 is 1.46. The maximum absolute atomic E-state index is 12.1. The van der Waals surface area contributed by atoms with Gasteiger partial charge in [-0.1, -0.05) is 18.3 Å². The minimum Gasteiger partial charge on any atom is -0.372 e. The summed E-state index contributed by atoms with van der Waals surface area (Å²) in [5.41, 5.74) is 0.488. The van der Waals surface area contributed by atoms with Crippen LogP contribution in [-0.2, 0) is 11.2 Å². The molecule has 1 fully saturated rings. The number of hydrogen-bond donors (Lipinski definition) is 0.